The zero-order valence-corrected chi connectivity index (χ0v) is 12.8. The van der Waals surface area contributed by atoms with Gasteiger partial charge in [-0.3, -0.25) is 0 Å². The maximum atomic E-state index is 4.94. The van der Waals surface area contributed by atoms with Gasteiger partial charge in [0.05, 0.1) is 12.2 Å². The Morgan fingerprint density at radius 1 is 1.00 bits per heavy atom. The van der Waals surface area contributed by atoms with Gasteiger partial charge in [-0.15, -0.1) is 0 Å². The van der Waals surface area contributed by atoms with E-state index >= 15 is 0 Å². The molecule has 2 aromatic carbocycles. The maximum Gasteiger partial charge on any atom is 0.318 e. The average molecular weight is 290 g/mol. The number of benzene rings is 2. The van der Waals surface area contributed by atoms with Gasteiger partial charge >= 0.3 is 5.95 Å². The molecule has 110 valence electrons. The number of hydrogen-bond acceptors (Lipinski definition) is 1. The van der Waals surface area contributed by atoms with Crippen molar-refractivity contribution >= 4 is 11.6 Å². The number of rotatable bonds is 4. The predicted molar refractivity (Wildman–Crippen MR) is 89.1 cm³/mol. The van der Waals surface area contributed by atoms with E-state index in [9.17, 15) is 0 Å². The lowest BCUT2D eigenvalue weighted by Gasteiger charge is -2.10. The van der Waals surface area contributed by atoms with Crippen molar-refractivity contribution < 1.29 is 4.90 Å². The van der Waals surface area contributed by atoms with Gasteiger partial charge in [-0.05, 0) is 12.5 Å². The van der Waals surface area contributed by atoms with E-state index in [0.717, 1.165) is 18.2 Å². The van der Waals surface area contributed by atoms with E-state index in [4.69, 9.17) is 4.98 Å². The summed E-state index contributed by atoms with van der Waals surface area (Å²) in [6.07, 6.45) is 4.58. The van der Waals surface area contributed by atoms with Crippen LogP contribution in [0.2, 0.25) is 0 Å². The number of para-hydroxylation sites is 2. The molecule has 1 atom stereocenters. The molecule has 1 aliphatic heterocycles. The third-order valence-electron chi connectivity index (χ3n) is 4.31. The van der Waals surface area contributed by atoms with Crippen molar-refractivity contribution in [1.29, 1.82) is 0 Å². The van der Waals surface area contributed by atoms with Crippen LogP contribution in [0.1, 0.15) is 19.8 Å². The third-order valence-corrected chi connectivity index (χ3v) is 4.31. The third kappa shape index (κ3) is 2.06. The van der Waals surface area contributed by atoms with Gasteiger partial charge in [0, 0.05) is 17.8 Å². The first-order valence-electron chi connectivity index (χ1n) is 7.99. The van der Waals surface area contributed by atoms with E-state index in [1.165, 1.54) is 34.7 Å². The van der Waals surface area contributed by atoms with E-state index in [1.807, 2.05) is 6.07 Å². The molecule has 1 N–H and O–H groups in total. The number of fused-ring (bicyclic) bond motifs is 3. The number of nitrogens with one attached hydrogen (secondary N) is 1. The minimum atomic E-state index is 1.05. The summed E-state index contributed by atoms with van der Waals surface area (Å²) in [5.41, 5.74) is 4.84. The molecule has 0 saturated heterocycles. The number of unbranched alkanes of at least 4 members (excludes halogenated alkanes) is 1. The minimum Gasteiger partial charge on any atom is -0.247 e. The van der Waals surface area contributed by atoms with Crippen LogP contribution in [0, 0.1) is 0 Å². The average Bonchev–Trinajstić information content (AvgIpc) is 3.12. The molecule has 1 unspecified atom stereocenters. The molecule has 0 amide bonds. The van der Waals surface area contributed by atoms with Gasteiger partial charge in [-0.1, -0.05) is 55.8 Å². The van der Waals surface area contributed by atoms with Crippen LogP contribution < -0.4 is 4.90 Å². The molecule has 3 heteroatoms. The molecule has 0 fully saturated rings. The predicted octanol–water partition coefficient (Wildman–Crippen LogP) is 3.50. The highest BCUT2D eigenvalue weighted by Crippen LogP contribution is 2.30. The van der Waals surface area contributed by atoms with Crippen LogP contribution >= 0.6 is 0 Å². The molecule has 1 aliphatic rings. The van der Waals surface area contributed by atoms with E-state index in [-0.39, 0.29) is 0 Å². The number of hydrogen-bond donors (Lipinski definition) is 1. The summed E-state index contributed by atoms with van der Waals surface area (Å²) in [7, 11) is 0. The van der Waals surface area contributed by atoms with Crippen LogP contribution in [0.5, 0.6) is 0 Å². The van der Waals surface area contributed by atoms with Crippen molar-refractivity contribution in [1.82, 2.24) is 9.55 Å². The van der Waals surface area contributed by atoms with Crippen molar-refractivity contribution in [3.63, 3.8) is 0 Å². The second-order valence-corrected chi connectivity index (χ2v) is 5.79. The quantitative estimate of drug-likeness (QED) is 0.780. The van der Waals surface area contributed by atoms with Crippen LogP contribution in [0.15, 0.2) is 60.8 Å². The van der Waals surface area contributed by atoms with Gasteiger partial charge in [0.1, 0.15) is 5.69 Å². The van der Waals surface area contributed by atoms with Crippen LogP contribution in [-0.4, -0.2) is 16.1 Å². The Hall–Kier alpha value is -2.39. The fourth-order valence-electron chi connectivity index (χ4n) is 3.18. The zero-order valence-electron chi connectivity index (χ0n) is 12.8. The van der Waals surface area contributed by atoms with Crippen LogP contribution in [0.25, 0.3) is 16.9 Å². The lowest BCUT2D eigenvalue weighted by molar-refractivity contribution is -0.762. The molecule has 0 aliphatic carbocycles. The van der Waals surface area contributed by atoms with Crippen molar-refractivity contribution in [3.8, 4) is 16.9 Å². The van der Waals surface area contributed by atoms with Crippen molar-refractivity contribution in [2.45, 2.75) is 19.8 Å². The van der Waals surface area contributed by atoms with E-state index < -0.39 is 0 Å². The summed E-state index contributed by atoms with van der Waals surface area (Å²) in [5.74, 6) is 1.12. The highest BCUT2D eigenvalue weighted by atomic mass is 15.4. The molecule has 4 rings (SSSR count). The Bertz CT molecular complexity index is 789. The largest absolute Gasteiger partial charge is 0.318 e. The van der Waals surface area contributed by atoms with E-state index in [2.05, 4.69) is 66.2 Å². The number of imidazole rings is 1. The first-order chi connectivity index (χ1) is 10.9. The number of nitrogens with zero attached hydrogens (tertiary/aromatic N) is 2. The summed E-state index contributed by atoms with van der Waals surface area (Å²) in [5, 5.41) is 0. The van der Waals surface area contributed by atoms with E-state index in [1.54, 1.807) is 0 Å². The maximum absolute atomic E-state index is 4.94. The molecule has 0 spiro atoms. The Balaban J connectivity index is 1.81. The zero-order chi connectivity index (χ0) is 14.9. The normalized spacial score (nSPS) is 15.6. The van der Waals surface area contributed by atoms with Gasteiger partial charge < -0.3 is 0 Å². The first-order valence-corrected chi connectivity index (χ1v) is 7.99. The fourth-order valence-corrected chi connectivity index (χ4v) is 3.18. The Kier molecular flexibility index (Phi) is 3.28. The molecular formula is C19H20N3+. The molecule has 0 bridgehead atoms. The smallest absolute Gasteiger partial charge is 0.247 e. The second kappa shape index (κ2) is 5.43. The molecule has 22 heavy (non-hydrogen) atoms. The Morgan fingerprint density at radius 3 is 2.59 bits per heavy atom. The van der Waals surface area contributed by atoms with E-state index in [0.29, 0.717) is 0 Å². The number of quaternary nitrogens is 1. The molecule has 3 aromatic rings. The molecule has 0 saturated carbocycles. The molecular weight excluding hydrogens is 270 g/mol. The molecule has 3 nitrogen and oxygen atoms in total. The molecule has 0 radical (unpaired) electrons. The monoisotopic (exact) mass is 290 g/mol. The first kappa shape index (κ1) is 13.3. The van der Waals surface area contributed by atoms with Crippen LogP contribution in [0.4, 0.5) is 11.6 Å². The molecule has 2 heterocycles. The Labute approximate surface area is 130 Å². The summed E-state index contributed by atoms with van der Waals surface area (Å²) in [6.45, 7) is 3.34. The van der Waals surface area contributed by atoms with Gasteiger partial charge in [0.2, 0.25) is 0 Å². The summed E-state index contributed by atoms with van der Waals surface area (Å²) < 4.78 is 2.25. The lowest BCUT2D eigenvalue weighted by atomic mass is 10.2. The lowest BCUT2D eigenvalue weighted by Crippen LogP contribution is -3.01. The van der Waals surface area contributed by atoms with Crippen LogP contribution in [0.3, 0.4) is 0 Å². The standard InChI is InChI=1S/C19H19N3/c1-2-3-13-21-17-11-7-8-12-18(17)22-14-16(20-19(21)22)15-9-5-4-6-10-15/h4-12,14H,2-3,13H2,1H3/p+1. The number of aromatic nitrogens is 2. The second-order valence-electron chi connectivity index (χ2n) is 5.79. The highest BCUT2D eigenvalue weighted by Gasteiger charge is 2.33. The topological polar surface area (TPSA) is 22.3 Å². The summed E-state index contributed by atoms with van der Waals surface area (Å²) in [4.78, 5) is 6.32. The summed E-state index contributed by atoms with van der Waals surface area (Å²) >= 11 is 0. The minimum absolute atomic E-state index is 1.05. The SMILES string of the molecule is CCCC[NH+]1c2ccccc2-n2cc(-c3ccccc3)nc21. The van der Waals surface area contributed by atoms with Crippen molar-refractivity contribution in [3.05, 3.63) is 60.8 Å². The fraction of sp³-hybridized carbons (Fsp3) is 0.211. The summed E-state index contributed by atoms with van der Waals surface area (Å²) in [6, 6.07) is 19.0. The highest BCUT2D eigenvalue weighted by molar-refractivity contribution is 5.65. The van der Waals surface area contributed by atoms with Crippen molar-refractivity contribution in [2.75, 3.05) is 6.54 Å². The van der Waals surface area contributed by atoms with Gasteiger partial charge in [-0.25, -0.2) is 9.47 Å². The Morgan fingerprint density at radius 2 is 1.77 bits per heavy atom. The molecule has 1 aromatic heterocycles. The van der Waals surface area contributed by atoms with Crippen molar-refractivity contribution in [2.24, 2.45) is 0 Å². The van der Waals surface area contributed by atoms with Gasteiger partial charge in [-0.2, -0.15) is 4.98 Å². The van der Waals surface area contributed by atoms with Gasteiger partial charge in [0.15, 0.2) is 5.69 Å². The van der Waals surface area contributed by atoms with Crippen LogP contribution in [-0.2, 0) is 0 Å². The van der Waals surface area contributed by atoms with Gasteiger partial charge in [0.25, 0.3) is 0 Å².